The fourth-order valence-electron chi connectivity index (χ4n) is 1.06. The maximum absolute atomic E-state index is 9.83. The van der Waals surface area contributed by atoms with E-state index in [0.717, 1.165) is 10.0 Å². The fraction of sp³-hybridized carbons (Fsp3) is 0.125. The van der Waals surface area contributed by atoms with E-state index in [9.17, 15) is 5.11 Å². The highest BCUT2D eigenvalue weighted by atomic mass is 79.9. The van der Waals surface area contributed by atoms with Gasteiger partial charge in [-0.2, -0.15) is 11.3 Å². The zero-order chi connectivity index (χ0) is 9.26. The lowest BCUT2D eigenvalue weighted by Gasteiger charge is -2.05. The molecule has 68 valence electrons. The third-order valence-corrected chi connectivity index (χ3v) is 3.47. The van der Waals surface area contributed by atoms with Crippen molar-refractivity contribution in [2.75, 3.05) is 0 Å². The molecule has 1 atom stereocenters. The molecule has 0 fully saturated rings. The first-order valence-corrected chi connectivity index (χ1v) is 5.41. The number of thiophene rings is 1. The Labute approximate surface area is 87.6 Å². The number of hydrogen-bond acceptors (Lipinski definition) is 3. The van der Waals surface area contributed by atoms with Gasteiger partial charge in [0.2, 0.25) is 0 Å². The molecular formula is C8H7BrN2OS. The zero-order valence-electron chi connectivity index (χ0n) is 6.57. The van der Waals surface area contributed by atoms with E-state index in [1.54, 1.807) is 23.7 Å². The van der Waals surface area contributed by atoms with Gasteiger partial charge < -0.3 is 10.1 Å². The Morgan fingerprint density at radius 3 is 2.92 bits per heavy atom. The number of aliphatic hydroxyl groups is 1. The fourth-order valence-corrected chi connectivity index (χ4v) is 2.59. The summed E-state index contributed by atoms with van der Waals surface area (Å²) in [5, 5.41) is 13.7. The predicted octanol–water partition coefficient (Wildman–Crippen LogP) is 2.32. The summed E-state index contributed by atoms with van der Waals surface area (Å²) in [5.74, 6) is 0.569. The van der Waals surface area contributed by atoms with Crippen LogP contribution >= 0.6 is 27.3 Å². The van der Waals surface area contributed by atoms with Gasteiger partial charge in [0.05, 0.1) is 0 Å². The molecule has 0 spiro atoms. The van der Waals surface area contributed by atoms with Gasteiger partial charge >= 0.3 is 0 Å². The van der Waals surface area contributed by atoms with E-state index in [1.807, 2.05) is 10.8 Å². The van der Waals surface area contributed by atoms with Crippen LogP contribution in [0.15, 0.2) is 27.6 Å². The Morgan fingerprint density at radius 1 is 1.54 bits per heavy atom. The summed E-state index contributed by atoms with van der Waals surface area (Å²) < 4.78 is 0.918. The molecule has 13 heavy (non-hydrogen) atoms. The number of H-pyrrole nitrogens is 1. The van der Waals surface area contributed by atoms with Crippen LogP contribution in [0.5, 0.6) is 0 Å². The van der Waals surface area contributed by atoms with E-state index in [-0.39, 0.29) is 0 Å². The molecule has 3 nitrogen and oxygen atoms in total. The van der Waals surface area contributed by atoms with Crippen molar-refractivity contribution in [1.82, 2.24) is 9.97 Å². The van der Waals surface area contributed by atoms with Crippen LogP contribution in [0.3, 0.4) is 0 Å². The van der Waals surface area contributed by atoms with Gasteiger partial charge in [-0.15, -0.1) is 0 Å². The van der Waals surface area contributed by atoms with Gasteiger partial charge in [-0.25, -0.2) is 4.98 Å². The molecule has 2 heterocycles. The summed E-state index contributed by atoms with van der Waals surface area (Å²) in [5.41, 5.74) is 0.847. The molecule has 0 saturated heterocycles. The third-order valence-electron chi connectivity index (χ3n) is 1.72. The minimum absolute atomic E-state index is 0.569. The number of halogens is 1. The Kier molecular flexibility index (Phi) is 2.48. The summed E-state index contributed by atoms with van der Waals surface area (Å²) in [7, 11) is 0. The molecule has 0 aromatic carbocycles. The van der Waals surface area contributed by atoms with E-state index in [1.165, 1.54) is 0 Å². The molecule has 2 aromatic heterocycles. The first-order chi connectivity index (χ1) is 6.29. The highest BCUT2D eigenvalue weighted by Crippen LogP contribution is 2.29. The molecule has 1 unspecified atom stereocenters. The molecule has 2 N–H and O–H groups in total. The molecule has 0 amide bonds. The lowest BCUT2D eigenvalue weighted by atomic mass is 10.2. The van der Waals surface area contributed by atoms with Crippen LogP contribution in [0, 0.1) is 0 Å². The second-order valence-electron chi connectivity index (χ2n) is 2.55. The molecule has 0 saturated carbocycles. The minimum Gasteiger partial charge on any atom is -0.380 e. The number of hydrogen-bond donors (Lipinski definition) is 2. The first-order valence-electron chi connectivity index (χ1n) is 3.68. The lowest BCUT2D eigenvalue weighted by Crippen LogP contribution is -2.00. The number of aromatic amines is 1. The van der Waals surface area contributed by atoms with E-state index < -0.39 is 6.10 Å². The van der Waals surface area contributed by atoms with Gasteiger partial charge in [-0.3, -0.25) is 0 Å². The zero-order valence-corrected chi connectivity index (χ0v) is 8.97. The van der Waals surface area contributed by atoms with Gasteiger partial charge in [-0.05, 0) is 21.3 Å². The van der Waals surface area contributed by atoms with Gasteiger partial charge in [0, 0.05) is 27.8 Å². The van der Waals surface area contributed by atoms with Crippen molar-refractivity contribution in [3.8, 4) is 0 Å². The molecule has 2 aromatic rings. The summed E-state index contributed by atoms with van der Waals surface area (Å²) in [6.45, 7) is 0. The van der Waals surface area contributed by atoms with E-state index >= 15 is 0 Å². The van der Waals surface area contributed by atoms with Crippen LogP contribution in [0.2, 0.25) is 0 Å². The Bertz CT molecular complexity index is 385. The highest BCUT2D eigenvalue weighted by Gasteiger charge is 2.15. The molecule has 2 rings (SSSR count). The van der Waals surface area contributed by atoms with Crippen molar-refractivity contribution in [2.45, 2.75) is 6.10 Å². The quantitative estimate of drug-likeness (QED) is 0.869. The van der Waals surface area contributed by atoms with E-state index in [2.05, 4.69) is 25.9 Å². The van der Waals surface area contributed by atoms with Crippen molar-refractivity contribution in [3.63, 3.8) is 0 Å². The Hall–Kier alpha value is -0.650. The van der Waals surface area contributed by atoms with Crippen LogP contribution in [0.4, 0.5) is 0 Å². The molecule has 5 heteroatoms. The number of rotatable bonds is 2. The number of nitrogens with one attached hydrogen (secondary N) is 1. The molecule has 0 aliphatic rings. The lowest BCUT2D eigenvalue weighted by molar-refractivity contribution is 0.211. The van der Waals surface area contributed by atoms with Gasteiger partial charge in [0.1, 0.15) is 11.9 Å². The summed E-state index contributed by atoms with van der Waals surface area (Å²) in [6.07, 6.45) is 2.65. The van der Waals surface area contributed by atoms with E-state index in [0.29, 0.717) is 5.82 Å². The van der Waals surface area contributed by atoms with Gasteiger partial charge in [-0.1, -0.05) is 0 Å². The maximum atomic E-state index is 9.83. The first kappa shape index (κ1) is 8.93. The molecular weight excluding hydrogens is 252 g/mol. The maximum Gasteiger partial charge on any atom is 0.139 e. The minimum atomic E-state index is -0.671. The third kappa shape index (κ3) is 1.67. The highest BCUT2D eigenvalue weighted by molar-refractivity contribution is 9.10. The van der Waals surface area contributed by atoms with Crippen LogP contribution in [0.25, 0.3) is 0 Å². The average Bonchev–Trinajstić information content (AvgIpc) is 2.72. The van der Waals surface area contributed by atoms with Crippen molar-refractivity contribution < 1.29 is 5.11 Å². The van der Waals surface area contributed by atoms with Crippen molar-refractivity contribution in [1.29, 1.82) is 0 Å². The second-order valence-corrected chi connectivity index (χ2v) is 4.15. The summed E-state index contributed by atoms with van der Waals surface area (Å²) >= 11 is 4.90. The summed E-state index contributed by atoms with van der Waals surface area (Å²) in [6, 6.07) is 0. The van der Waals surface area contributed by atoms with Crippen molar-refractivity contribution in [3.05, 3.63) is 39.0 Å². The van der Waals surface area contributed by atoms with Crippen molar-refractivity contribution in [2.24, 2.45) is 0 Å². The molecule has 0 aliphatic carbocycles. The number of aliphatic hydroxyl groups excluding tert-OH is 1. The smallest absolute Gasteiger partial charge is 0.139 e. The number of aromatic nitrogens is 2. The molecule has 0 aliphatic heterocycles. The average molecular weight is 259 g/mol. The number of imidazole rings is 1. The predicted molar refractivity (Wildman–Crippen MR) is 54.7 cm³/mol. The van der Waals surface area contributed by atoms with Crippen LogP contribution in [-0.4, -0.2) is 15.1 Å². The Balaban J connectivity index is 2.33. The molecule has 0 radical (unpaired) electrons. The number of nitrogens with zero attached hydrogens (tertiary/aromatic N) is 1. The van der Waals surface area contributed by atoms with Crippen LogP contribution < -0.4 is 0 Å². The van der Waals surface area contributed by atoms with Gasteiger partial charge in [0.25, 0.3) is 0 Å². The Morgan fingerprint density at radius 2 is 2.38 bits per heavy atom. The topological polar surface area (TPSA) is 48.9 Å². The van der Waals surface area contributed by atoms with E-state index in [4.69, 9.17) is 0 Å². The SMILES string of the molecule is OC(c1ncc[nH]1)c1cscc1Br. The van der Waals surface area contributed by atoms with Gasteiger partial charge in [0.15, 0.2) is 0 Å². The standard InChI is InChI=1S/C8H7BrN2OS/c9-6-4-13-3-5(6)7(12)8-10-1-2-11-8/h1-4,7,12H,(H,10,11). The second kappa shape index (κ2) is 3.61. The van der Waals surface area contributed by atoms with Crippen LogP contribution in [0.1, 0.15) is 17.5 Å². The summed E-state index contributed by atoms with van der Waals surface area (Å²) in [4.78, 5) is 6.87. The normalized spacial score (nSPS) is 13.1. The monoisotopic (exact) mass is 258 g/mol. The molecule has 0 bridgehead atoms. The van der Waals surface area contributed by atoms with Crippen LogP contribution in [-0.2, 0) is 0 Å². The largest absolute Gasteiger partial charge is 0.380 e. The van der Waals surface area contributed by atoms with Crippen molar-refractivity contribution >= 4 is 27.3 Å².